The zero-order valence-electron chi connectivity index (χ0n) is 12.0. The fourth-order valence-corrected chi connectivity index (χ4v) is 2.17. The fraction of sp³-hybridized carbons (Fsp3) is 0.312. The molecule has 110 valence electrons. The van der Waals surface area contributed by atoms with Crippen molar-refractivity contribution in [3.63, 3.8) is 0 Å². The average molecular weight is 286 g/mol. The third-order valence-corrected chi connectivity index (χ3v) is 3.14. The maximum atomic E-state index is 5.59. The van der Waals surface area contributed by atoms with Crippen molar-refractivity contribution in [2.45, 2.75) is 13.5 Å². The molecule has 2 aromatic rings. The summed E-state index contributed by atoms with van der Waals surface area (Å²) in [4.78, 5) is 4.22. The molecule has 0 bridgehead atoms. The molecule has 0 atom stereocenters. The van der Waals surface area contributed by atoms with Gasteiger partial charge in [0.1, 0.15) is 13.2 Å². The van der Waals surface area contributed by atoms with Gasteiger partial charge in [-0.05, 0) is 36.8 Å². The van der Waals surface area contributed by atoms with Crippen LogP contribution >= 0.6 is 0 Å². The molecule has 1 aromatic heterocycles. The van der Waals surface area contributed by atoms with E-state index in [-0.39, 0.29) is 0 Å². The van der Waals surface area contributed by atoms with Gasteiger partial charge in [0.15, 0.2) is 11.5 Å². The molecular formula is C16H18N2O3. The maximum absolute atomic E-state index is 5.59. The molecule has 0 radical (unpaired) electrons. The number of pyridine rings is 1. The quantitative estimate of drug-likeness (QED) is 0.916. The summed E-state index contributed by atoms with van der Waals surface area (Å²) in [6, 6.07) is 9.80. The number of aromatic nitrogens is 1. The highest BCUT2D eigenvalue weighted by Crippen LogP contribution is 2.31. The molecule has 0 saturated carbocycles. The van der Waals surface area contributed by atoms with E-state index < -0.39 is 0 Å². The number of ether oxygens (including phenoxy) is 3. The normalized spacial score (nSPS) is 12.8. The van der Waals surface area contributed by atoms with Crippen LogP contribution in [0.5, 0.6) is 17.4 Å². The monoisotopic (exact) mass is 286 g/mol. The van der Waals surface area contributed by atoms with Gasteiger partial charge in [0.2, 0.25) is 5.88 Å². The number of hydrogen-bond acceptors (Lipinski definition) is 5. The van der Waals surface area contributed by atoms with Gasteiger partial charge in [0.05, 0.1) is 12.3 Å². The smallest absolute Gasteiger partial charge is 0.237 e. The van der Waals surface area contributed by atoms with Crippen LogP contribution in [0.4, 0.5) is 5.69 Å². The van der Waals surface area contributed by atoms with Crippen molar-refractivity contribution in [1.82, 2.24) is 4.98 Å². The van der Waals surface area contributed by atoms with Crippen LogP contribution in [0.15, 0.2) is 36.5 Å². The summed E-state index contributed by atoms with van der Waals surface area (Å²) in [5.74, 6) is 2.23. The Labute approximate surface area is 123 Å². The van der Waals surface area contributed by atoms with Crippen LogP contribution in [-0.2, 0) is 6.54 Å². The second-order valence-electron chi connectivity index (χ2n) is 4.62. The number of benzene rings is 1. The Balaban J connectivity index is 1.70. The van der Waals surface area contributed by atoms with Crippen molar-refractivity contribution in [2.24, 2.45) is 0 Å². The largest absolute Gasteiger partial charge is 0.486 e. The van der Waals surface area contributed by atoms with Crippen molar-refractivity contribution in [2.75, 3.05) is 25.1 Å². The van der Waals surface area contributed by atoms with Gasteiger partial charge >= 0.3 is 0 Å². The lowest BCUT2D eigenvalue weighted by Gasteiger charge is -2.19. The van der Waals surface area contributed by atoms with Gasteiger partial charge in [-0.1, -0.05) is 6.07 Å². The lowest BCUT2D eigenvalue weighted by molar-refractivity contribution is 0.171. The molecule has 1 aromatic carbocycles. The standard InChI is InChI=1S/C16H18N2O3/c1-2-19-16-13(4-3-7-17-16)18-11-12-5-6-14-15(10-12)21-9-8-20-14/h3-7,10,18H,2,8-9,11H2,1H3. The summed E-state index contributed by atoms with van der Waals surface area (Å²) < 4.78 is 16.6. The molecule has 1 N–H and O–H groups in total. The summed E-state index contributed by atoms with van der Waals surface area (Å²) >= 11 is 0. The predicted molar refractivity (Wildman–Crippen MR) is 80.2 cm³/mol. The van der Waals surface area contributed by atoms with Crippen LogP contribution in [0.25, 0.3) is 0 Å². The van der Waals surface area contributed by atoms with Crippen molar-refractivity contribution < 1.29 is 14.2 Å². The second kappa shape index (κ2) is 6.35. The highest BCUT2D eigenvalue weighted by atomic mass is 16.6. The molecule has 0 amide bonds. The molecule has 0 unspecified atom stereocenters. The van der Waals surface area contributed by atoms with E-state index >= 15 is 0 Å². The first-order chi connectivity index (χ1) is 10.4. The van der Waals surface area contributed by atoms with Crippen LogP contribution in [-0.4, -0.2) is 24.8 Å². The molecule has 5 nitrogen and oxygen atoms in total. The summed E-state index contributed by atoms with van der Waals surface area (Å²) in [5, 5.41) is 3.34. The summed E-state index contributed by atoms with van der Waals surface area (Å²) in [6.07, 6.45) is 1.72. The van der Waals surface area contributed by atoms with Crippen molar-refractivity contribution in [3.05, 3.63) is 42.1 Å². The number of nitrogens with zero attached hydrogens (tertiary/aromatic N) is 1. The molecule has 0 fully saturated rings. The van der Waals surface area contributed by atoms with Crippen LogP contribution < -0.4 is 19.5 Å². The van der Waals surface area contributed by atoms with Gasteiger partial charge in [0, 0.05) is 12.7 Å². The van der Waals surface area contributed by atoms with Gasteiger partial charge < -0.3 is 19.5 Å². The first kappa shape index (κ1) is 13.5. The molecule has 1 aliphatic rings. The molecule has 3 rings (SSSR count). The zero-order chi connectivity index (χ0) is 14.5. The van der Waals surface area contributed by atoms with E-state index in [2.05, 4.69) is 10.3 Å². The Kier molecular flexibility index (Phi) is 4.09. The van der Waals surface area contributed by atoms with Crippen LogP contribution in [0.3, 0.4) is 0 Å². The SMILES string of the molecule is CCOc1ncccc1NCc1ccc2c(c1)OCCO2. The fourth-order valence-electron chi connectivity index (χ4n) is 2.17. The first-order valence-electron chi connectivity index (χ1n) is 7.07. The number of rotatable bonds is 5. The zero-order valence-corrected chi connectivity index (χ0v) is 12.0. The number of fused-ring (bicyclic) bond motifs is 1. The van der Waals surface area contributed by atoms with Gasteiger partial charge in [0.25, 0.3) is 0 Å². The van der Waals surface area contributed by atoms with Gasteiger partial charge in [-0.15, -0.1) is 0 Å². The molecule has 1 aliphatic heterocycles. The minimum atomic E-state index is 0.593. The van der Waals surface area contributed by atoms with Gasteiger partial charge in [-0.25, -0.2) is 4.98 Å². The Hall–Kier alpha value is -2.43. The van der Waals surface area contributed by atoms with E-state index in [0.29, 0.717) is 32.2 Å². The van der Waals surface area contributed by atoms with E-state index in [1.165, 1.54) is 0 Å². The summed E-state index contributed by atoms with van der Waals surface area (Å²) in [6.45, 7) is 4.41. The third-order valence-electron chi connectivity index (χ3n) is 3.14. The molecule has 21 heavy (non-hydrogen) atoms. The van der Waals surface area contributed by atoms with E-state index in [9.17, 15) is 0 Å². The molecule has 0 saturated heterocycles. The molecule has 0 spiro atoms. The average Bonchev–Trinajstić information content (AvgIpc) is 2.54. The lowest BCUT2D eigenvalue weighted by atomic mass is 10.2. The van der Waals surface area contributed by atoms with Crippen molar-refractivity contribution in [3.8, 4) is 17.4 Å². The topological polar surface area (TPSA) is 52.6 Å². The van der Waals surface area contributed by atoms with Crippen LogP contribution in [0.1, 0.15) is 12.5 Å². The van der Waals surface area contributed by atoms with Gasteiger partial charge in [-0.3, -0.25) is 0 Å². The second-order valence-corrected chi connectivity index (χ2v) is 4.62. The predicted octanol–water partition coefficient (Wildman–Crippen LogP) is 2.86. The van der Waals surface area contributed by atoms with Gasteiger partial charge in [-0.2, -0.15) is 0 Å². The Morgan fingerprint density at radius 3 is 2.90 bits per heavy atom. The summed E-state index contributed by atoms with van der Waals surface area (Å²) in [7, 11) is 0. The number of nitrogens with one attached hydrogen (secondary N) is 1. The van der Waals surface area contributed by atoms with E-state index in [1.54, 1.807) is 6.20 Å². The highest BCUT2D eigenvalue weighted by molar-refractivity contribution is 5.53. The molecular weight excluding hydrogens is 268 g/mol. The van der Waals surface area contributed by atoms with Crippen molar-refractivity contribution in [1.29, 1.82) is 0 Å². The molecule has 2 heterocycles. The van der Waals surface area contributed by atoms with E-state index in [4.69, 9.17) is 14.2 Å². The van der Waals surface area contributed by atoms with E-state index in [1.807, 2.05) is 37.3 Å². The maximum Gasteiger partial charge on any atom is 0.237 e. The summed E-state index contributed by atoms with van der Waals surface area (Å²) in [5.41, 5.74) is 2.00. The molecule has 0 aliphatic carbocycles. The minimum absolute atomic E-state index is 0.593. The van der Waals surface area contributed by atoms with Crippen molar-refractivity contribution >= 4 is 5.69 Å². The van der Waals surface area contributed by atoms with Crippen LogP contribution in [0, 0.1) is 0 Å². The highest BCUT2D eigenvalue weighted by Gasteiger charge is 2.12. The lowest BCUT2D eigenvalue weighted by Crippen LogP contribution is -2.15. The minimum Gasteiger partial charge on any atom is -0.486 e. The Morgan fingerprint density at radius 1 is 1.19 bits per heavy atom. The number of hydrogen-bond donors (Lipinski definition) is 1. The first-order valence-corrected chi connectivity index (χ1v) is 7.07. The third kappa shape index (κ3) is 3.18. The van der Waals surface area contributed by atoms with Crippen LogP contribution in [0.2, 0.25) is 0 Å². The van der Waals surface area contributed by atoms with E-state index in [0.717, 1.165) is 22.7 Å². The molecule has 5 heteroatoms. The Bertz CT molecular complexity index is 616. The number of anilines is 1. The Morgan fingerprint density at radius 2 is 2.05 bits per heavy atom.